The molecule has 1 aromatic rings. The number of halogens is 1. The van der Waals surface area contributed by atoms with Crippen molar-refractivity contribution in [3.63, 3.8) is 0 Å². The summed E-state index contributed by atoms with van der Waals surface area (Å²) in [5.41, 5.74) is 0.578. The van der Waals surface area contributed by atoms with Crippen LogP contribution in [0.5, 0.6) is 0 Å². The van der Waals surface area contributed by atoms with Gasteiger partial charge >= 0.3 is 0 Å². The van der Waals surface area contributed by atoms with Crippen molar-refractivity contribution in [2.75, 3.05) is 17.0 Å². The molecule has 0 saturated carbocycles. The number of anilines is 1. The first-order valence-electron chi connectivity index (χ1n) is 5.89. The second-order valence-corrected chi connectivity index (χ2v) is 7.06. The lowest BCUT2D eigenvalue weighted by Gasteiger charge is -2.11. The first-order valence-corrected chi connectivity index (χ1v) is 8.33. The molecular weight excluding hydrogens is 316 g/mol. The van der Waals surface area contributed by atoms with Gasteiger partial charge in [-0.05, 0) is 41.0 Å². The highest BCUT2D eigenvalue weighted by molar-refractivity contribution is 9.10. The topological polar surface area (TPSA) is 58.2 Å². The summed E-state index contributed by atoms with van der Waals surface area (Å²) >= 11 is 3.31. The van der Waals surface area contributed by atoms with Gasteiger partial charge in [0.15, 0.2) is 0 Å². The van der Waals surface area contributed by atoms with Crippen molar-refractivity contribution in [3.05, 3.63) is 28.7 Å². The molecule has 0 saturated heterocycles. The van der Waals surface area contributed by atoms with Crippen molar-refractivity contribution in [2.24, 2.45) is 0 Å². The number of nitrogens with one attached hydrogen (secondary N) is 2. The molecule has 18 heavy (non-hydrogen) atoms. The lowest BCUT2D eigenvalue weighted by atomic mass is 10.3. The maximum Gasteiger partial charge on any atom is 0.232 e. The standard InChI is InChI=1S/C12H19BrN2O2S/c1-10(2)14-8-5-9-18(16,17)15-12-7-4-3-6-11(12)13/h3-4,6-7,10,14-15H,5,8-9H2,1-2H3. The lowest BCUT2D eigenvalue weighted by Crippen LogP contribution is -2.26. The Bertz CT molecular complexity index is 475. The van der Waals surface area contributed by atoms with E-state index in [1.165, 1.54) is 0 Å². The second kappa shape index (κ2) is 7.11. The van der Waals surface area contributed by atoms with Gasteiger partial charge in [0, 0.05) is 10.5 Å². The third kappa shape index (κ3) is 5.84. The Morgan fingerprint density at radius 3 is 2.56 bits per heavy atom. The summed E-state index contributed by atoms with van der Waals surface area (Å²) in [6.45, 7) is 4.77. The average molecular weight is 335 g/mol. The van der Waals surface area contributed by atoms with Crippen LogP contribution in [0.3, 0.4) is 0 Å². The fraction of sp³-hybridized carbons (Fsp3) is 0.500. The molecule has 0 aliphatic rings. The molecule has 0 bridgehead atoms. The third-order valence-electron chi connectivity index (χ3n) is 2.28. The van der Waals surface area contributed by atoms with E-state index in [-0.39, 0.29) is 5.75 Å². The normalized spacial score (nSPS) is 11.8. The van der Waals surface area contributed by atoms with E-state index in [2.05, 4.69) is 26.0 Å². The van der Waals surface area contributed by atoms with Gasteiger partial charge in [-0.3, -0.25) is 4.72 Å². The fourth-order valence-electron chi connectivity index (χ4n) is 1.42. The number of benzene rings is 1. The average Bonchev–Trinajstić information content (AvgIpc) is 2.27. The molecule has 0 aliphatic heterocycles. The summed E-state index contributed by atoms with van der Waals surface area (Å²) in [7, 11) is -3.28. The van der Waals surface area contributed by atoms with Gasteiger partial charge in [-0.25, -0.2) is 8.42 Å². The highest BCUT2D eigenvalue weighted by atomic mass is 79.9. The molecule has 0 aromatic heterocycles. The number of rotatable bonds is 7. The predicted molar refractivity (Wildman–Crippen MR) is 79.3 cm³/mol. The van der Waals surface area contributed by atoms with E-state index in [4.69, 9.17) is 0 Å². The molecule has 2 N–H and O–H groups in total. The Balaban J connectivity index is 2.48. The Morgan fingerprint density at radius 1 is 1.28 bits per heavy atom. The largest absolute Gasteiger partial charge is 0.314 e. The fourth-order valence-corrected chi connectivity index (χ4v) is 3.07. The summed E-state index contributed by atoms with van der Waals surface area (Å²) in [6, 6.07) is 7.55. The number of sulfonamides is 1. The van der Waals surface area contributed by atoms with Crippen molar-refractivity contribution >= 4 is 31.6 Å². The molecule has 0 radical (unpaired) electrons. The van der Waals surface area contributed by atoms with Gasteiger partial charge in [0.25, 0.3) is 0 Å². The van der Waals surface area contributed by atoms with E-state index in [0.29, 0.717) is 24.7 Å². The van der Waals surface area contributed by atoms with Gasteiger partial charge in [-0.15, -0.1) is 0 Å². The van der Waals surface area contributed by atoms with E-state index in [1.807, 2.05) is 19.9 Å². The number of para-hydroxylation sites is 1. The van der Waals surface area contributed by atoms with E-state index in [0.717, 1.165) is 4.47 Å². The van der Waals surface area contributed by atoms with Crippen LogP contribution >= 0.6 is 15.9 Å². The van der Waals surface area contributed by atoms with Gasteiger partial charge in [-0.2, -0.15) is 0 Å². The molecule has 4 nitrogen and oxygen atoms in total. The minimum absolute atomic E-state index is 0.119. The SMILES string of the molecule is CC(C)NCCCS(=O)(=O)Nc1ccccc1Br. The Labute approximate surface area is 117 Å². The minimum Gasteiger partial charge on any atom is -0.314 e. The summed E-state index contributed by atoms with van der Waals surface area (Å²) in [5, 5.41) is 3.19. The zero-order valence-corrected chi connectivity index (χ0v) is 13.0. The molecule has 1 aromatic carbocycles. The quantitative estimate of drug-likeness (QED) is 0.753. The highest BCUT2D eigenvalue weighted by Crippen LogP contribution is 2.22. The van der Waals surface area contributed by atoms with Crippen LogP contribution in [-0.2, 0) is 10.0 Å². The molecular formula is C12H19BrN2O2S. The summed E-state index contributed by atoms with van der Waals surface area (Å²) < 4.78 is 27.0. The van der Waals surface area contributed by atoms with E-state index in [1.54, 1.807) is 18.2 Å². The monoisotopic (exact) mass is 334 g/mol. The maximum atomic E-state index is 11.8. The van der Waals surface area contributed by atoms with Crippen molar-refractivity contribution in [3.8, 4) is 0 Å². The molecule has 0 amide bonds. The van der Waals surface area contributed by atoms with Crippen molar-refractivity contribution in [1.82, 2.24) is 5.32 Å². The van der Waals surface area contributed by atoms with Crippen molar-refractivity contribution < 1.29 is 8.42 Å². The van der Waals surface area contributed by atoms with Crippen molar-refractivity contribution in [2.45, 2.75) is 26.3 Å². The molecule has 0 fully saturated rings. The van der Waals surface area contributed by atoms with Crippen LogP contribution in [-0.4, -0.2) is 26.8 Å². The van der Waals surface area contributed by atoms with Gasteiger partial charge in [0.2, 0.25) is 10.0 Å². The first kappa shape index (κ1) is 15.5. The smallest absolute Gasteiger partial charge is 0.232 e. The first-order chi connectivity index (χ1) is 8.41. The third-order valence-corrected chi connectivity index (χ3v) is 4.33. The Hall–Kier alpha value is -0.590. The predicted octanol–water partition coefficient (Wildman–Crippen LogP) is 2.58. The van der Waals surface area contributed by atoms with Crippen molar-refractivity contribution in [1.29, 1.82) is 0 Å². The Kier molecular flexibility index (Phi) is 6.11. The Morgan fingerprint density at radius 2 is 1.94 bits per heavy atom. The molecule has 0 spiro atoms. The number of hydrogen-bond acceptors (Lipinski definition) is 3. The van der Waals surface area contributed by atoms with E-state index in [9.17, 15) is 8.42 Å². The molecule has 0 heterocycles. The van der Waals surface area contributed by atoms with Crippen LogP contribution in [0.25, 0.3) is 0 Å². The van der Waals surface area contributed by atoms with Crippen LogP contribution < -0.4 is 10.0 Å². The number of hydrogen-bond donors (Lipinski definition) is 2. The minimum atomic E-state index is -3.28. The van der Waals surface area contributed by atoms with E-state index < -0.39 is 10.0 Å². The van der Waals surface area contributed by atoms with Crippen LogP contribution in [0.15, 0.2) is 28.7 Å². The van der Waals surface area contributed by atoms with Gasteiger partial charge in [0.1, 0.15) is 0 Å². The highest BCUT2D eigenvalue weighted by Gasteiger charge is 2.11. The molecule has 0 aliphatic carbocycles. The van der Waals surface area contributed by atoms with Crippen LogP contribution in [0.1, 0.15) is 20.3 Å². The molecule has 0 unspecified atom stereocenters. The zero-order chi connectivity index (χ0) is 13.6. The van der Waals surface area contributed by atoms with E-state index >= 15 is 0 Å². The van der Waals surface area contributed by atoms with Gasteiger partial charge in [0.05, 0.1) is 11.4 Å². The van der Waals surface area contributed by atoms with Gasteiger partial charge < -0.3 is 5.32 Å². The van der Waals surface area contributed by atoms with Crippen LogP contribution in [0.4, 0.5) is 5.69 Å². The molecule has 6 heteroatoms. The van der Waals surface area contributed by atoms with Crippen LogP contribution in [0, 0.1) is 0 Å². The summed E-state index contributed by atoms with van der Waals surface area (Å²) in [4.78, 5) is 0. The molecule has 102 valence electrons. The zero-order valence-electron chi connectivity index (χ0n) is 10.6. The van der Waals surface area contributed by atoms with Gasteiger partial charge in [-0.1, -0.05) is 26.0 Å². The molecule has 0 atom stereocenters. The summed E-state index contributed by atoms with van der Waals surface area (Å²) in [5.74, 6) is 0.119. The molecule has 1 rings (SSSR count). The summed E-state index contributed by atoms with van der Waals surface area (Å²) in [6.07, 6.45) is 0.595. The maximum absolute atomic E-state index is 11.8. The second-order valence-electron chi connectivity index (χ2n) is 4.36. The van der Waals surface area contributed by atoms with Crippen LogP contribution in [0.2, 0.25) is 0 Å². The lowest BCUT2D eigenvalue weighted by molar-refractivity contribution is 0.571.